The molecule has 162 valence electrons. The molecule has 1 aromatic heterocycles. The molecule has 0 aliphatic carbocycles. The third-order valence-corrected chi connectivity index (χ3v) is 7.23. The molecule has 5 rings (SSSR count). The fourth-order valence-corrected chi connectivity index (χ4v) is 5.51. The van der Waals surface area contributed by atoms with Crippen molar-refractivity contribution in [2.75, 3.05) is 55.7 Å². The highest BCUT2D eigenvalue weighted by atomic mass is 32.1. The van der Waals surface area contributed by atoms with Crippen LogP contribution < -0.4 is 9.80 Å². The number of aromatic nitrogens is 1. The van der Waals surface area contributed by atoms with Crippen molar-refractivity contribution in [1.82, 2.24) is 9.88 Å². The number of aryl methyl sites for hydroxylation is 1. The van der Waals surface area contributed by atoms with Gasteiger partial charge in [0.25, 0.3) is 5.91 Å². The summed E-state index contributed by atoms with van der Waals surface area (Å²) in [7, 11) is 0. The first-order chi connectivity index (χ1) is 15.1. The van der Waals surface area contributed by atoms with Crippen LogP contribution in [-0.2, 0) is 4.74 Å². The molecule has 0 bridgehead atoms. The van der Waals surface area contributed by atoms with Crippen molar-refractivity contribution in [3.63, 3.8) is 0 Å². The number of nitrogens with zero attached hydrogens (tertiary/aromatic N) is 4. The Morgan fingerprint density at radius 3 is 2.71 bits per heavy atom. The molecule has 2 aliphatic rings. The van der Waals surface area contributed by atoms with Crippen LogP contribution in [0.15, 0.2) is 42.5 Å². The van der Waals surface area contributed by atoms with Crippen molar-refractivity contribution in [3.8, 4) is 0 Å². The third kappa shape index (κ3) is 4.12. The molecule has 2 aromatic carbocycles. The second-order valence-corrected chi connectivity index (χ2v) is 9.42. The summed E-state index contributed by atoms with van der Waals surface area (Å²) in [6, 6.07) is 14.8. The molecule has 0 radical (unpaired) electrons. The topological polar surface area (TPSA) is 48.9 Å². The zero-order chi connectivity index (χ0) is 21.4. The highest BCUT2D eigenvalue weighted by Gasteiger charge is 2.28. The van der Waals surface area contributed by atoms with Crippen LogP contribution in [0.2, 0.25) is 0 Å². The number of ether oxygens (including phenoxy) is 1. The summed E-state index contributed by atoms with van der Waals surface area (Å²) >= 11 is 1.66. The summed E-state index contributed by atoms with van der Waals surface area (Å²) in [6.45, 7) is 9.85. The van der Waals surface area contributed by atoms with Gasteiger partial charge in [0.2, 0.25) is 0 Å². The van der Waals surface area contributed by atoms with Gasteiger partial charge in [-0.15, -0.1) is 0 Å². The van der Waals surface area contributed by atoms with E-state index in [1.165, 1.54) is 11.3 Å². The van der Waals surface area contributed by atoms with E-state index < -0.39 is 0 Å². The minimum absolute atomic E-state index is 0.110. The van der Waals surface area contributed by atoms with Gasteiger partial charge in [-0.2, -0.15) is 0 Å². The van der Waals surface area contributed by atoms with Crippen LogP contribution in [0.5, 0.6) is 0 Å². The number of fused-ring (bicyclic) bond motifs is 1. The molecule has 3 aromatic rings. The first-order valence-corrected chi connectivity index (χ1v) is 11.8. The first kappa shape index (κ1) is 20.3. The quantitative estimate of drug-likeness (QED) is 0.625. The molecule has 1 atom stereocenters. The van der Waals surface area contributed by atoms with Gasteiger partial charge in [0.1, 0.15) is 0 Å². The number of anilines is 2. The minimum atomic E-state index is 0.110. The van der Waals surface area contributed by atoms with Crippen LogP contribution in [0.1, 0.15) is 22.8 Å². The van der Waals surface area contributed by atoms with Crippen molar-refractivity contribution in [1.29, 1.82) is 0 Å². The van der Waals surface area contributed by atoms with Gasteiger partial charge in [-0.25, -0.2) is 4.98 Å². The molecule has 2 saturated heterocycles. The summed E-state index contributed by atoms with van der Waals surface area (Å²) in [6.07, 6.45) is 0. The molecule has 6 nitrogen and oxygen atoms in total. The van der Waals surface area contributed by atoms with Crippen molar-refractivity contribution in [3.05, 3.63) is 53.6 Å². The lowest BCUT2D eigenvalue weighted by molar-refractivity contribution is 0.0726. The summed E-state index contributed by atoms with van der Waals surface area (Å²) in [4.78, 5) is 24.7. The molecule has 2 aliphatic heterocycles. The van der Waals surface area contributed by atoms with Crippen LogP contribution in [-0.4, -0.2) is 67.8 Å². The maximum Gasteiger partial charge on any atom is 0.254 e. The van der Waals surface area contributed by atoms with Crippen LogP contribution in [0, 0.1) is 6.92 Å². The molecule has 7 heteroatoms. The Kier molecular flexibility index (Phi) is 5.54. The molecular weight excluding hydrogens is 408 g/mol. The Morgan fingerprint density at radius 2 is 1.94 bits per heavy atom. The average Bonchev–Trinajstić information content (AvgIpc) is 3.22. The largest absolute Gasteiger partial charge is 0.378 e. The van der Waals surface area contributed by atoms with Crippen molar-refractivity contribution in [2.24, 2.45) is 0 Å². The van der Waals surface area contributed by atoms with Gasteiger partial charge in [-0.1, -0.05) is 23.5 Å². The number of rotatable bonds is 3. The van der Waals surface area contributed by atoms with Crippen molar-refractivity contribution < 1.29 is 9.53 Å². The normalized spacial score (nSPS) is 19.8. The summed E-state index contributed by atoms with van der Waals surface area (Å²) in [5, 5.41) is 1.02. The standard InChI is InChI=1S/C24H28N4O2S/c1-17-4-3-5-20(14-17)28-9-8-27(16-18(28)2)23(29)19-6-7-21-22(15-19)31-24(25-21)26-10-12-30-13-11-26/h3-7,14-15,18H,8-13,16H2,1-2H3. The van der Waals surface area contributed by atoms with Crippen molar-refractivity contribution in [2.45, 2.75) is 19.9 Å². The smallest absolute Gasteiger partial charge is 0.254 e. The van der Waals surface area contributed by atoms with Gasteiger partial charge in [-0.3, -0.25) is 4.79 Å². The molecule has 1 amide bonds. The number of benzene rings is 2. The van der Waals surface area contributed by atoms with Crippen molar-refractivity contribution >= 4 is 38.3 Å². The maximum absolute atomic E-state index is 13.3. The van der Waals surface area contributed by atoms with Gasteiger partial charge in [0.15, 0.2) is 5.13 Å². The molecule has 0 N–H and O–H groups in total. The molecule has 3 heterocycles. The molecule has 31 heavy (non-hydrogen) atoms. The lowest BCUT2D eigenvalue weighted by atomic mass is 10.1. The third-order valence-electron chi connectivity index (χ3n) is 6.15. The van der Waals surface area contributed by atoms with E-state index >= 15 is 0 Å². The molecular formula is C24H28N4O2S. The number of amides is 1. The number of morpholine rings is 1. The van der Waals surface area contributed by atoms with Crippen LogP contribution in [0.25, 0.3) is 10.2 Å². The zero-order valence-corrected chi connectivity index (χ0v) is 18.9. The molecule has 2 fully saturated rings. The van der Waals surface area contributed by atoms with Gasteiger partial charge in [0, 0.05) is 50.0 Å². The fourth-order valence-electron chi connectivity index (χ4n) is 4.45. The van der Waals surface area contributed by atoms with E-state index in [-0.39, 0.29) is 11.9 Å². The van der Waals surface area contributed by atoms with Gasteiger partial charge in [0.05, 0.1) is 23.4 Å². The molecule has 1 unspecified atom stereocenters. The van der Waals surface area contributed by atoms with Crippen LogP contribution >= 0.6 is 11.3 Å². The van der Waals surface area contributed by atoms with Gasteiger partial charge < -0.3 is 19.4 Å². The summed E-state index contributed by atoms with van der Waals surface area (Å²) < 4.78 is 6.51. The Bertz CT molecular complexity index is 1090. The Balaban J connectivity index is 1.30. The fraction of sp³-hybridized carbons (Fsp3) is 0.417. The number of piperazine rings is 1. The second kappa shape index (κ2) is 8.48. The van der Waals surface area contributed by atoms with E-state index in [4.69, 9.17) is 9.72 Å². The summed E-state index contributed by atoms with van der Waals surface area (Å²) in [5.74, 6) is 0.110. The predicted octanol–water partition coefficient (Wildman–Crippen LogP) is 3.79. The van der Waals surface area contributed by atoms with Crippen LogP contribution in [0.3, 0.4) is 0 Å². The minimum Gasteiger partial charge on any atom is -0.378 e. The van der Waals surface area contributed by atoms with E-state index in [1.54, 1.807) is 11.3 Å². The maximum atomic E-state index is 13.3. The summed E-state index contributed by atoms with van der Waals surface area (Å²) in [5.41, 5.74) is 4.21. The number of carbonyl (C=O) groups is 1. The zero-order valence-electron chi connectivity index (χ0n) is 18.1. The van der Waals surface area contributed by atoms with E-state index in [9.17, 15) is 4.79 Å². The van der Waals surface area contributed by atoms with E-state index in [2.05, 4.69) is 47.9 Å². The number of thiazole rings is 1. The van der Waals surface area contributed by atoms with E-state index in [0.29, 0.717) is 0 Å². The van der Waals surface area contributed by atoms with Crippen LogP contribution in [0.4, 0.5) is 10.8 Å². The highest BCUT2D eigenvalue weighted by Crippen LogP contribution is 2.30. The number of hydrogen-bond donors (Lipinski definition) is 0. The first-order valence-electron chi connectivity index (χ1n) is 10.9. The number of carbonyl (C=O) groups excluding carboxylic acids is 1. The predicted molar refractivity (Wildman–Crippen MR) is 127 cm³/mol. The monoisotopic (exact) mass is 436 g/mol. The van der Waals surface area contributed by atoms with Gasteiger partial charge in [-0.05, 0) is 49.7 Å². The molecule has 0 saturated carbocycles. The highest BCUT2D eigenvalue weighted by molar-refractivity contribution is 7.22. The van der Waals surface area contributed by atoms with E-state index in [0.717, 1.165) is 66.8 Å². The Labute approximate surface area is 187 Å². The second-order valence-electron chi connectivity index (χ2n) is 8.41. The van der Waals surface area contributed by atoms with E-state index in [1.807, 2.05) is 23.1 Å². The molecule has 0 spiro atoms. The number of hydrogen-bond acceptors (Lipinski definition) is 6. The Morgan fingerprint density at radius 1 is 1.10 bits per heavy atom. The lowest BCUT2D eigenvalue weighted by Crippen LogP contribution is -2.53. The Hall–Kier alpha value is -2.64. The lowest BCUT2D eigenvalue weighted by Gasteiger charge is -2.41. The van der Waals surface area contributed by atoms with Gasteiger partial charge >= 0.3 is 0 Å². The average molecular weight is 437 g/mol. The SMILES string of the molecule is Cc1cccc(N2CCN(C(=O)c3ccc4nc(N5CCOCC5)sc4c3)CC2C)c1.